The normalized spacial score (nSPS) is 10.0. The zero-order valence-corrected chi connectivity index (χ0v) is 9.74. The number of aromatic nitrogens is 2. The van der Waals surface area contributed by atoms with Crippen molar-refractivity contribution in [3.8, 4) is 11.6 Å². The number of rotatable bonds is 5. The Hall–Kier alpha value is -2.50. The van der Waals surface area contributed by atoms with Gasteiger partial charge in [-0.25, -0.2) is 0 Å². The summed E-state index contributed by atoms with van der Waals surface area (Å²) in [6.45, 7) is 0.763. The summed E-state index contributed by atoms with van der Waals surface area (Å²) in [6, 6.07) is 11.0. The lowest BCUT2D eigenvalue weighted by Crippen LogP contribution is -2.11. The summed E-state index contributed by atoms with van der Waals surface area (Å²) in [6.07, 6.45) is 0. The molecule has 0 fully saturated rings. The molecule has 0 unspecified atom stereocenters. The van der Waals surface area contributed by atoms with Crippen LogP contribution in [0.4, 0.5) is 11.8 Å². The molecular weight excluding hydrogens is 232 g/mol. The average Bonchev–Trinajstić information content (AvgIpc) is 2.35. The molecule has 0 saturated heterocycles. The molecule has 0 radical (unpaired) electrons. The maximum absolute atomic E-state index is 5.51. The number of nitrogens with two attached hydrogens (primary N) is 2. The van der Waals surface area contributed by atoms with Crippen LogP contribution in [-0.4, -0.2) is 23.2 Å². The lowest BCUT2D eigenvalue weighted by molar-refractivity contribution is 0.212. The van der Waals surface area contributed by atoms with Gasteiger partial charge < -0.3 is 20.9 Å². The number of ether oxygens (including phenoxy) is 2. The summed E-state index contributed by atoms with van der Waals surface area (Å²) >= 11 is 0. The fourth-order valence-corrected chi connectivity index (χ4v) is 1.36. The van der Waals surface area contributed by atoms with Gasteiger partial charge in [0.2, 0.25) is 11.8 Å². The van der Waals surface area contributed by atoms with Crippen molar-refractivity contribution in [1.82, 2.24) is 9.97 Å². The first-order valence-electron chi connectivity index (χ1n) is 5.45. The van der Waals surface area contributed by atoms with Gasteiger partial charge in [0.05, 0.1) is 0 Å². The predicted octanol–water partition coefficient (Wildman–Crippen LogP) is 1.10. The smallest absolute Gasteiger partial charge is 0.225 e. The Kier molecular flexibility index (Phi) is 3.80. The summed E-state index contributed by atoms with van der Waals surface area (Å²) in [5.41, 5.74) is 11.0. The molecule has 0 spiro atoms. The quantitative estimate of drug-likeness (QED) is 0.767. The molecule has 0 saturated carbocycles. The van der Waals surface area contributed by atoms with Crippen LogP contribution in [0, 0.1) is 0 Å². The molecule has 6 heteroatoms. The second-order valence-electron chi connectivity index (χ2n) is 3.50. The Balaban J connectivity index is 1.78. The van der Waals surface area contributed by atoms with Crippen molar-refractivity contribution in [2.24, 2.45) is 0 Å². The molecular formula is C12H14N4O2. The van der Waals surface area contributed by atoms with Crippen LogP contribution >= 0.6 is 0 Å². The number of hydrogen-bond acceptors (Lipinski definition) is 6. The molecule has 1 aromatic carbocycles. The SMILES string of the molecule is Nc1cc(OCCOc2ccccc2)nc(N)n1. The number of anilines is 2. The number of nitrogen functional groups attached to an aromatic ring is 2. The van der Waals surface area contributed by atoms with Gasteiger partial charge in [0, 0.05) is 6.07 Å². The van der Waals surface area contributed by atoms with Gasteiger partial charge >= 0.3 is 0 Å². The van der Waals surface area contributed by atoms with E-state index in [1.54, 1.807) is 0 Å². The van der Waals surface area contributed by atoms with Crippen LogP contribution in [0.25, 0.3) is 0 Å². The minimum Gasteiger partial charge on any atom is -0.490 e. The highest BCUT2D eigenvalue weighted by atomic mass is 16.5. The highest BCUT2D eigenvalue weighted by molar-refractivity contribution is 5.38. The first kappa shape index (κ1) is 12.0. The van der Waals surface area contributed by atoms with Crippen LogP contribution in [0.1, 0.15) is 0 Å². The largest absolute Gasteiger partial charge is 0.490 e. The Bertz CT molecular complexity index is 484. The van der Waals surface area contributed by atoms with Crippen LogP contribution in [0.15, 0.2) is 36.4 Å². The van der Waals surface area contributed by atoms with Crippen molar-refractivity contribution in [2.45, 2.75) is 0 Å². The van der Waals surface area contributed by atoms with E-state index in [2.05, 4.69) is 9.97 Å². The van der Waals surface area contributed by atoms with E-state index in [1.807, 2.05) is 30.3 Å². The Morgan fingerprint density at radius 3 is 2.39 bits per heavy atom. The van der Waals surface area contributed by atoms with Crippen LogP contribution in [0.3, 0.4) is 0 Å². The van der Waals surface area contributed by atoms with E-state index in [0.29, 0.717) is 19.1 Å². The van der Waals surface area contributed by atoms with E-state index in [0.717, 1.165) is 5.75 Å². The van der Waals surface area contributed by atoms with Crippen LogP contribution in [0.5, 0.6) is 11.6 Å². The maximum Gasteiger partial charge on any atom is 0.225 e. The highest BCUT2D eigenvalue weighted by Gasteiger charge is 2.00. The topological polar surface area (TPSA) is 96.3 Å². The second-order valence-corrected chi connectivity index (χ2v) is 3.50. The van der Waals surface area contributed by atoms with Gasteiger partial charge in [-0.15, -0.1) is 0 Å². The van der Waals surface area contributed by atoms with Gasteiger partial charge in [0.25, 0.3) is 0 Å². The van der Waals surface area contributed by atoms with Crippen molar-refractivity contribution in [1.29, 1.82) is 0 Å². The fraction of sp³-hybridized carbons (Fsp3) is 0.167. The lowest BCUT2D eigenvalue weighted by atomic mass is 10.3. The summed E-state index contributed by atoms with van der Waals surface area (Å²) in [5.74, 6) is 1.51. The van der Waals surface area contributed by atoms with Crippen LogP contribution in [0.2, 0.25) is 0 Å². The van der Waals surface area contributed by atoms with Crippen LogP contribution in [-0.2, 0) is 0 Å². The van der Waals surface area contributed by atoms with Crippen molar-refractivity contribution < 1.29 is 9.47 Å². The highest BCUT2D eigenvalue weighted by Crippen LogP contribution is 2.12. The van der Waals surface area contributed by atoms with Crippen LogP contribution < -0.4 is 20.9 Å². The first-order valence-corrected chi connectivity index (χ1v) is 5.45. The number of para-hydroxylation sites is 1. The van der Waals surface area contributed by atoms with Crippen molar-refractivity contribution in [3.05, 3.63) is 36.4 Å². The number of hydrogen-bond donors (Lipinski definition) is 2. The van der Waals surface area contributed by atoms with Gasteiger partial charge in [0.1, 0.15) is 24.8 Å². The maximum atomic E-state index is 5.51. The molecule has 2 rings (SSSR count). The van der Waals surface area contributed by atoms with Crippen molar-refractivity contribution in [3.63, 3.8) is 0 Å². The second kappa shape index (κ2) is 5.72. The van der Waals surface area contributed by atoms with E-state index < -0.39 is 0 Å². The van der Waals surface area contributed by atoms with E-state index in [1.165, 1.54) is 6.07 Å². The molecule has 0 bridgehead atoms. The minimum absolute atomic E-state index is 0.0916. The summed E-state index contributed by atoms with van der Waals surface area (Å²) in [5, 5.41) is 0. The molecule has 0 aliphatic heterocycles. The molecule has 6 nitrogen and oxygen atoms in total. The van der Waals surface area contributed by atoms with E-state index in [4.69, 9.17) is 20.9 Å². The molecule has 0 atom stereocenters. The van der Waals surface area contributed by atoms with E-state index in [9.17, 15) is 0 Å². The standard InChI is InChI=1S/C12H14N4O2/c13-10-8-11(16-12(14)15-10)18-7-6-17-9-4-2-1-3-5-9/h1-5,8H,6-7H2,(H4,13,14,15,16). The Morgan fingerprint density at radius 1 is 0.944 bits per heavy atom. The molecule has 0 aliphatic carbocycles. The zero-order chi connectivity index (χ0) is 12.8. The summed E-state index contributed by atoms with van der Waals surface area (Å²) in [4.78, 5) is 7.63. The lowest BCUT2D eigenvalue weighted by Gasteiger charge is -2.08. The molecule has 4 N–H and O–H groups in total. The summed E-state index contributed by atoms with van der Waals surface area (Å²) < 4.78 is 10.8. The minimum atomic E-state index is 0.0916. The van der Waals surface area contributed by atoms with Crippen molar-refractivity contribution >= 4 is 11.8 Å². The van der Waals surface area contributed by atoms with Gasteiger partial charge in [-0.3, -0.25) is 0 Å². The van der Waals surface area contributed by atoms with E-state index >= 15 is 0 Å². The molecule has 0 amide bonds. The Labute approximate surface area is 105 Å². The summed E-state index contributed by atoms with van der Waals surface area (Å²) in [7, 11) is 0. The monoisotopic (exact) mass is 246 g/mol. The number of benzene rings is 1. The molecule has 1 heterocycles. The molecule has 1 aromatic heterocycles. The average molecular weight is 246 g/mol. The van der Waals surface area contributed by atoms with Gasteiger partial charge in [-0.05, 0) is 12.1 Å². The third-order valence-corrected chi connectivity index (χ3v) is 2.08. The van der Waals surface area contributed by atoms with Crippen molar-refractivity contribution in [2.75, 3.05) is 24.7 Å². The third-order valence-electron chi connectivity index (χ3n) is 2.08. The van der Waals surface area contributed by atoms with Gasteiger partial charge in [0.15, 0.2) is 0 Å². The fourth-order valence-electron chi connectivity index (χ4n) is 1.36. The molecule has 0 aliphatic rings. The number of nitrogens with zero attached hydrogens (tertiary/aromatic N) is 2. The molecule has 2 aromatic rings. The van der Waals surface area contributed by atoms with Gasteiger partial charge in [-0.2, -0.15) is 9.97 Å². The third kappa shape index (κ3) is 3.51. The van der Waals surface area contributed by atoms with Gasteiger partial charge in [-0.1, -0.05) is 18.2 Å². The predicted molar refractivity (Wildman–Crippen MR) is 68.3 cm³/mol. The zero-order valence-electron chi connectivity index (χ0n) is 9.74. The first-order chi connectivity index (χ1) is 8.74. The van der Waals surface area contributed by atoms with E-state index in [-0.39, 0.29) is 11.8 Å². The Morgan fingerprint density at radius 2 is 1.67 bits per heavy atom. The molecule has 18 heavy (non-hydrogen) atoms. The molecule has 94 valence electrons.